The van der Waals surface area contributed by atoms with Crippen molar-refractivity contribution < 1.29 is 69.1 Å². The maximum absolute atomic E-state index is 9.68. The van der Waals surface area contributed by atoms with E-state index >= 15 is 0 Å². The molecule has 0 aromatic rings. The summed E-state index contributed by atoms with van der Waals surface area (Å²) in [5.74, 6) is 0. The molecule has 429 valence electrons. The summed E-state index contributed by atoms with van der Waals surface area (Å²) in [6.07, 6.45) is 38.3. The normalized spacial score (nSPS) is 10.0. The molecular formula is C62H147NO3WY-2. The molecule has 0 aromatic heterocycles. The monoisotopic (exact) mass is 1230 g/mol. The van der Waals surface area contributed by atoms with Crippen LogP contribution in [0.2, 0.25) is 0 Å². The fraction of sp³-hybridized carbons (Fsp3) is 0.968. The summed E-state index contributed by atoms with van der Waals surface area (Å²) in [5.41, 5.74) is 0. The van der Waals surface area contributed by atoms with Gasteiger partial charge in [-0.25, -0.2) is 0 Å². The summed E-state index contributed by atoms with van der Waals surface area (Å²) in [7, 11) is 0. The first-order valence-electron chi connectivity index (χ1n) is 30.2. The molecule has 0 aliphatic heterocycles. The molecule has 6 heteroatoms. The van der Waals surface area contributed by atoms with E-state index in [9.17, 15) is 5.11 Å². The minimum atomic E-state index is -0.0463. The van der Waals surface area contributed by atoms with Crippen molar-refractivity contribution in [2.24, 2.45) is 0 Å². The van der Waals surface area contributed by atoms with Crippen LogP contribution in [0.4, 0.5) is 0 Å². The number of nitrogens with zero attached hydrogens (tertiary/aromatic N) is 1. The maximum atomic E-state index is 9.68. The number of hydrogen-bond donors (Lipinski definition) is 3. The number of rotatable bonds is 30. The van der Waals surface area contributed by atoms with Gasteiger partial charge in [-0.2, -0.15) is 13.3 Å². The molecule has 0 fully saturated rings. The van der Waals surface area contributed by atoms with Crippen molar-refractivity contribution in [3.8, 4) is 0 Å². The summed E-state index contributed by atoms with van der Waals surface area (Å²) in [6, 6.07) is 0.585. The van der Waals surface area contributed by atoms with Crippen LogP contribution < -0.4 is 0 Å². The fourth-order valence-electron chi connectivity index (χ4n) is 5.46. The van der Waals surface area contributed by atoms with Crippen LogP contribution in [-0.4, -0.2) is 58.2 Å². The van der Waals surface area contributed by atoms with E-state index in [4.69, 9.17) is 10.2 Å². The van der Waals surface area contributed by atoms with Gasteiger partial charge in [0.2, 0.25) is 0 Å². The Balaban J connectivity index is -0.0000000421. The molecule has 3 unspecified atom stereocenters. The molecule has 3 N–H and O–H groups in total. The molecule has 0 bridgehead atoms. The predicted octanol–water partition coefficient (Wildman–Crippen LogP) is 22.4. The zero-order chi connectivity index (χ0) is 54.4. The molecule has 0 spiro atoms. The van der Waals surface area contributed by atoms with Gasteiger partial charge in [-0.3, -0.25) is 0 Å². The van der Waals surface area contributed by atoms with Gasteiger partial charge in [0, 0.05) is 66.4 Å². The Kier molecular flexibility index (Phi) is 216. The first kappa shape index (κ1) is 106. The van der Waals surface area contributed by atoms with E-state index in [1.54, 1.807) is 6.92 Å². The van der Waals surface area contributed by atoms with Gasteiger partial charge in [0.25, 0.3) is 0 Å². The van der Waals surface area contributed by atoms with Gasteiger partial charge < -0.3 is 34.1 Å². The third-order valence-electron chi connectivity index (χ3n) is 9.11. The van der Waals surface area contributed by atoms with Gasteiger partial charge in [-0.1, -0.05) is 300 Å². The molecule has 0 aliphatic rings. The van der Waals surface area contributed by atoms with Crippen LogP contribution in [0.25, 0.3) is 0 Å². The molecule has 0 aliphatic carbocycles. The number of aliphatic hydroxyl groups is 3. The van der Waals surface area contributed by atoms with Gasteiger partial charge in [-0.15, -0.1) is 0 Å². The largest absolute Gasteiger partial charge is 0.396 e. The number of unbranched alkanes of at least 4 members (excludes halogenated alkanes) is 16. The predicted molar refractivity (Wildman–Crippen MR) is 319 cm³/mol. The molecule has 1 radical (unpaired) electrons. The first-order chi connectivity index (χ1) is 32.0. The summed E-state index contributed by atoms with van der Waals surface area (Å²) >= 11 is 0. The maximum Gasteiger partial charge on any atom is 0.0540 e. The summed E-state index contributed by atoms with van der Waals surface area (Å²) < 4.78 is 0. The van der Waals surface area contributed by atoms with E-state index in [1.807, 2.05) is 48.5 Å². The molecule has 3 atom stereocenters. The van der Waals surface area contributed by atoms with Gasteiger partial charge >= 0.3 is 0 Å². The zero-order valence-corrected chi connectivity index (χ0v) is 58.7. The molecule has 4 nitrogen and oxygen atoms in total. The van der Waals surface area contributed by atoms with Gasteiger partial charge in [0.15, 0.2) is 0 Å². The van der Waals surface area contributed by atoms with Crippen molar-refractivity contribution in [3.63, 3.8) is 0 Å². The average molecular weight is 1230 g/mol. The minimum Gasteiger partial charge on any atom is -0.396 e. The van der Waals surface area contributed by atoms with E-state index in [0.717, 1.165) is 57.9 Å². The molecule has 0 saturated carbocycles. The molecule has 68 heavy (non-hydrogen) atoms. The van der Waals surface area contributed by atoms with Gasteiger partial charge in [0.1, 0.15) is 0 Å². The van der Waals surface area contributed by atoms with Crippen molar-refractivity contribution in [2.75, 3.05) is 19.7 Å². The molecule has 0 aromatic carbocycles. The molecule has 0 heterocycles. The topological polar surface area (TPSA) is 63.9 Å². The second kappa shape index (κ2) is 138. The van der Waals surface area contributed by atoms with Crippen LogP contribution in [-0.2, 0) is 53.8 Å². The van der Waals surface area contributed by atoms with Crippen LogP contribution in [0, 0.1) is 13.8 Å². The fourth-order valence-corrected chi connectivity index (χ4v) is 5.46. The van der Waals surface area contributed by atoms with Crippen LogP contribution in [0.3, 0.4) is 0 Å². The van der Waals surface area contributed by atoms with Crippen molar-refractivity contribution in [3.05, 3.63) is 13.8 Å². The van der Waals surface area contributed by atoms with E-state index in [0.29, 0.717) is 12.6 Å². The Morgan fingerprint density at radius 2 is 0.662 bits per heavy atom. The first-order valence-corrected chi connectivity index (χ1v) is 30.2. The minimum absolute atomic E-state index is 0. The van der Waals surface area contributed by atoms with Gasteiger partial charge in [-0.05, 0) is 58.0 Å². The van der Waals surface area contributed by atoms with Crippen LogP contribution in [0.5, 0.6) is 0 Å². The Morgan fingerprint density at radius 1 is 0.382 bits per heavy atom. The second-order valence-corrected chi connectivity index (χ2v) is 16.2. The van der Waals surface area contributed by atoms with Crippen molar-refractivity contribution in [2.45, 2.75) is 377 Å². The average Bonchev–Trinajstić information content (AvgIpc) is 3.35. The molecular weight excluding hydrogens is 1080 g/mol. The number of aliphatic hydroxyl groups excluding tert-OH is 3. The van der Waals surface area contributed by atoms with Crippen LogP contribution >= 0.6 is 0 Å². The smallest absolute Gasteiger partial charge is 0.0540 e. The molecule has 0 saturated heterocycles. The quantitative estimate of drug-likeness (QED) is 0.0495. The van der Waals surface area contributed by atoms with Crippen molar-refractivity contribution in [1.82, 2.24) is 4.90 Å². The summed E-state index contributed by atoms with van der Waals surface area (Å²) in [6.45, 7) is 58.0. The SMILES string of the molecule is CC.CC.CC.CCC.CCC.CCC.CCCCC(O)CC.CCCCCCC.CCCCCCCCC(O)CCCCC.CCCCCN(CC)C(CC)CCO.[CH2-]C.[CH2-]CCCC.[W].[Y]. The van der Waals surface area contributed by atoms with Crippen molar-refractivity contribution >= 4 is 0 Å². The third-order valence-corrected chi connectivity index (χ3v) is 9.11. The molecule has 0 amide bonds. The van der Waals surface area contributed by atoms with E-state index < -0.39 is 0 Å². The Bertz CT molecular complexity index is 537. The van der Waals surface area contributed by atoms with E-state index in [-0.39, 0.29) is 66.0 Å². The summed E-state index contributed by atoms with van der Waals surface area (Å²) in [5, 5.41) is 27.6. The second-order valence-electron chi connectivity index (χ2n) is 16.2. The third kappa shape index (κ3) is 165. The number of hydrogen-bond acceptors (Lipinski definition) is 4. The van der Waals surface area contributed by atoms with Crippen molar-refractivity contribution in [1.29, 1.82) is 0 Å². The Morgan fingerprint density at radius 3 is 0.941 bits per heavy atom. The molecule has 0 rings (SSSR count). The Labute approximate surface area is 480 Å². The van der Waals surface area contributed by atoms with E-state index in [2.05, 4.69) is 123 Å². The standard InChI is InChI=1S/C14H30O.C12H27NO.C7H16O.C7H16.C5H11.3C3H8.3C2H6.C2H5.W.Y/c1-3-5-7-8-9-11-13-14(15)12-10-6-4-2;1-4-7-8-10-13(6-3)12(5-2)9-11-14;1-3-5-6-7(8)4-2;1-3-5-7-6-4-2;1-3-5-4-2;3*1-3-2;4*1-2;;/h14-15H,3-13H2,1-2H3;12,14H,4-11H2,1-3H3;7-8H,3-6H2,1-2H3;3-7H2,1-2H3;1,3-5H2,2H3;3*3H2,1-2H3;3*1-2H3;1H2,2H3;;/q;;;;-1;;;;;;;-1;;. The van der Waals surface area contributed by atoms with Gasteiger partial charge in [0.05, 0.1) is 12.2 Å². The Hall–Kier alpha value is 1.63. The van der Waals surface area contributed by atoms with E-state index in [1.165, 1.54) is 154 Å². The summed E-state index contributed by atoms with van der Waals surface area (Å²) in [4.78, 5) is 2.51. The van der Waals surface area contributed by atoms with Crippen LogP contribution in [0.15, 0.2) is 0 Å². The van der Waals surface area contributed by atoms with Crippen LogP contribution in [0.1, 0.15) is 358 Å². The zero-order valence-electron chi connectivity index (χ0n) is 53.0.